The van der Waals surface area contributed by atoms with E-state index >= 15 is 0 Å². The van der Waals surface area contributed by atoms with Crippen molar-refractivity contribution < 1.29 is 9.83 Å². The highest BCUT2D eigenvalue weighted by atomic mass is 32.1. The van der Waals surface area contributed by atoms with Gasteiger partial charge in [-0.3, -0.25) is 4.98 Å². The molecule has 0 fully saturated rings. The number of amides is 2. The maximum absolute atomic E-state index is 10.1. The number of primary amides is 1. The minimum atomic E-state index is -1.04. The molecule has 7 nitrogen and oxygen atoms in total. The van der Waals surface area contributed by atoms with Gasteiger partial charge in [0.05, 0.1) is 12.1 Å². The maximum atomic E-state index is 10.1. The van der Waals surface area contributed by atoms with Crippen LogP contribution < -0.4 is 5.73 Å². The van der Waals surface area contributed by atoms with Crippen LogP contribution in [0.3, 0.4) is 0 Å². The number of thiazole rings is 1. The fourth-order valence-electron chi connectivity index (χ4n) is 0.527. The van der Waals surface area contributed by atoms with Crippen LogP contribution in [0.25, 0.3) is 0 Å². The summed E-state index contributed by atoms with van der Waals surface area (Å²) >= 11 is 1.60. The Hall–Kier alpha value is -1.70. The molecule has 1 heterocycles. The average molecular weight is 218 g/mol. The first-order valence-corrected chi connectivity index (χ1v) is 4.57. The lowest BCUT2D eigenvalue weighted by Crippen LogP contribution is -2.39. The zero-order valence-corrected chi connectivity index (χ0v) is 8.31. The van der Waals surface area contributed by atoms with Gasteiger partial charge in [-0.1, -0.05) is 0 Å². The Morgan fingerprint density at radius 3 is 2.50 bits per heavy atom. The lowest BCUT2D eigenvalue weighted by molar-refractivity contribution is -0.631. The molecule has 1 aromatic rings. The van der Waals surface area contributed by atoms with Gasteiger partial charge in [-0.15, -0.1) is 11.3 Å². The third-order valence-corrected chi connectivity index (χ3v) is 1.62. The smallest absolute Gasteiger partial charge is 0.347 e. The zero-order valence-electron chi connectivity index (χ0n) is 7.49. The first kappa shape index (κ1) is 12.3. The van der Waals surface area contributed by atoms with Crippen molar-refractivity contribution in [1.82, 2.24) is 9.99 Å². The molecule has 1 aromatic heterocycles. The number of nitrogens with zero attached hydrogens (tertiary/aromatic N) is 3. The Morgan fingerprint density at radius 1 is 1.79 bits per heavy atom. The fourth-order valence-corrected chi connectivity index (χ4v) is 0.879. The normalized spacial score (nSPS) is 8.36. The highest BCUT2D eigenvalue weighted by Crippen LogP contribution is 1.86. The Labute approximate surface area is 84.3 Å². The molecule has 0 bridgehead atoms. The van der Waals surface area contributed by atoms with Gasteiger partial charge in [-0.05, 0) is 11.9 Å². The topological polar surface area (TPSA) is 102 Å². The molecule has 8 heteroatoms. The number of urea groups is 1. The van der Waals surface area contributed by atoms with Gasteiger partial charge in [0.1, 0.15) is 0 Å². The van der Waals surface area contributed by atoms with Crippen molar-refractivity contribution in [1.29, 1.82) is 0 Å². The Morgan fingerprint density at radius 2 is 2.43 bits per heavy atom. The first-order valence-electron chi connectivity index (χ1n) is 3.63. The van der Waals surface area contributed by atoms with Gasteiger partial charge in [0.15, 0.2) is 5.03 Å². The van der Waals surface area contributed by atoms with Gasteiger partial charge in [-0.2, -0.15) is 0 Å². The first-order chi connectivity index (χ1) is 6.59. The Balaban J connectivity index is 0.000000280. The molecule has 14 heavy (non-hydrogen) atoms. The van der Waals surface area contributed by atoms with Crippen molar-refractivity contribution in [3.63, 3.8) is 0 Å². The van der Waals surface area contributed by atoms with Crippen molar-refractivity contribution in [3.05, 3.63) is 27.2 Å². The van der Waals surface area contributed by atoms with E-state index in [4.69, 9.17) is 0 Å². The SMILES string of the molecule is CCN(C(N)=O)[N+](=O)[O-].c1cscn1. The van der Waals surface area contributed by atoms with Crippen LogP contribution in [0.4, 0.5) is 4.79 Å². The summed E-state index contributed by atoms with van der Waals surface area (Å²) in [5.74, 6) is 0. The summed E-state index contributed by atoms with van der Waals surface area (Å²) in [6, 6.07) is -1.04. The van der Waals surface area contributed by atoms with E-state index < -0.39 is 11.1 Å². The molecule has 0 aliphatic heterocycles. The molecule has 78 valence electrons. The summed E-state index contributed by atoms with van der Waals surface area (Å²) in [6.07, 6.45) is 1.77. The second-order valence-electron chi connectivity index (χ2n) is 1.97. The van der Waals surface area contributed by atoms with Crippen LogP contribution in [0.15, 0.2) is 17.1 Å². The molecule has 0 saturated heterocycles. The highest BCUT2D eigenvalue weighted by molar-refractivity contribution is 7.07. The number of carbonyl (C=O) groups is 1. The lowest BCUT2D eigenvalue weighted by Gasteiger charge is -2.03. The van der Waals surface area contributed by atoms with Gasteiger partial charge in [-0.25, -0.2) is 14.9 Å². The van der Waals surface area contributed by atoms with E-state index in [0.29, 0.717) is 5.01 Å². The number of hydrogen-bond donors (Lipinski definition) is 1. The Bertz CT molecular complexity index is 245. The summed E-state index contributed by atoms with van der Waals surface area (Å²) in [5.41, 5.74) is 6.39. The third-order valence-electron chi connectivity index (χ3n) is 1.10. The summed E-state index contributed by atoms with van der Waals surface area (Å²) < 4.78 is 0. The second-order valence-corrected chi connectivity index (χ2v) is 2.72. The van der Waals surface area contributed by atoms with Crippen LogP contribution in [0, 0.1) is 10.1 Å². The standard InChI is InChI=1S/C3H7N3O3.C3H3NS/c1-2-5(3(4)7)6(8)9;1-2-5-3-4-1/h2H2,1H3,(H2,4,7);1-3H. The molecule has 0 unspecified atom stereocenters. The number of carbonyl (C=O) groups excluding carboxylic acids is 1. The summed E-state index contributed by atoms with van der Waals surface area (Å²) in [7, 11) is 0. The number of nitro groups is 1. The Kier molecular flexibility index (Phi) is 5.95. The van der Waals surface area contributed by atoms with Crippen molar-refractivity contribution in [3.8, 4) is 0 Å². The molecule has 0 radical (unpaired) electrons. The zero-order chi connectivity index (χ0) is 11.0. The lowest BCUT2D eigenvalue weighted by atomic mass is 10.7. The quantitative estimate of drug-likeness (QED) is 0.583. The largest absolute Gasteiger partial charge is 0.372 e. The predicted molar refractivity (Wildman–Crippen MR) is 51.1 cm³/mol. The molecular formula is C6H10N4O3S. The van der Waals surface area contributed by atoms with Crippen LogP contribution >= 0.6 is 11.3 Å². The van der Waals surface area contributed by atoms with Crippen molar-refractivity contribution in [2.24, 2.45) is 5.73 Å². The molecule has 2 N–H and O–H groups in total. The van der Waals surface area contributed by atoms with E-state index in [9.17, 15) is 14.9 Å². The van der Waals surface area contributed by atoms with Crippen molar-refractivity contribution in [2.75, 3.05) is 6.54 Å². The van der Waals surface area contributed by atoms with Crippen LogP contribution in [-0.2, 0) is 0 Å². The molecule has 0 aliphatic carbocycles. The minimum absolute atomic E-state index is 0.0116. The molecule has 0 spiro atoms. The van der Waals surface area contributed by atoms with Crippen LogP contribution in [0.1, 0.15) is 6.92 Å². The monoisotopic (exact) mass is 218 g/mol. The maximum Gasteiger partial charge on any atom is 0.372 e. The van der Waals surface area contributed by atoms with Gasteiger partial charge >= 0.3 is 6.03 Å². The average Bonchev–Trinajstić information content (AvgIpc) is 2.59. The van der Waals surface area contributed by atoms with Gasteiger partial charge in [0.25, 0.3) is 0 Å². The summed E-state index contributed by atoms with van der Waals surface area (Å²) in [6.45, 7) is 1.45. The van der Waals surface area contributed by atoms with Gasteiger partial charge < -0.3 is 5.73 Å². The summed E-state index contributed by atoms with van der Waals surface area (Å²) in [5, 5.41) is 11.2. The van der Waals surface area contributed by atoms with E-state index in [1.165, 1.54) is 6.92 Å². The second kappa shape index (κ2) is 6.78. The molecule has 0 saturated carbocycles. The van der Waals surface area contributed by atoms with E-state index in [1.807, 2.05) is 5.38 Å². The highest BCUT2D eigenvalue weighted by Gasteiger charge is 2.16. The van der Waals surface area contributed by atoms with Crippen molar-refractivity contribution >= 4 is 17.4 Å². The number of nitrogens with two attached hydrogens (primary N) is 1. The van der Waals surface area contributed by atoms with Gasteiger partial charge in [0.2, 0.25) is 0 Å². The number of rotatable bonds is 2. The molecular weight excluding hydrogens is 208 g/mol. The number of aromatic nitrogens is 1. The van der Waals surface area contributed by atoms with Gasteiger partial charge in [0, 0.05) is 11.6 Å². The van der Waals surface area contributed by atoms with E-state index in [-0.39, 0.29) is 6.54 Å². The third kappa shape index (κ3) is 5.04. The van der Waals surface area contributed by atoms with Crippen LogP contribution in [-0.4, -0.2) is 27.6 Å². The molecule has 2 amide bonds. The molecule has 0 aliphatic rings. The minimum Gasteiger partial charge on any atom is -0.347 e. The van der Waals surface area contributed by atoms with Crippen molar-refractivity contribution in [2.45, 2.75) is 6.92 Å². The molecule has 0 aromatic carbocycles. The summed E-state index contributed by atoms with van der Waals surface area (Å²) in [4.78, 5) is 23.6. The predicted octanol–water partition coefficient (Wildman–Crippen LogP) is 0.722. The van der Waals surface area contributed by atoms with E-state index in [2.05, 4.69) is 10.7 Å². The molecule has 0 atom stereocenters. The number of hydrogen-bond acceptors (Lipinski definition) is 5. The molecule has 1 rings (SSSR count). The number of hydrazine groups is 1. The fraction of sp³-hybridized carbons (Fsp3) is 0.333. The van der Waals surface area contributed by atoms with Crippen LogP contribution in [0.2, 0.25) is 0 Å². The van der Waals surface area contributed by atoms with E-state index in [0.717, 1.165) is 0 Å². The van der Waals surface area contributed by atoms with Crippen LogP contribution in [0.5, 0.6) is 0 Å². The van der Waals surface area contributed by atoms with E-state index in [1.54, 1.807) is 23.0 Å².